The van der Waals surface area contributed by atoms with Crippen LogP contribution in [0.1, 0.15) is 36.1 Å². The summed E-state index contributed by atoms with van der Waals surface area (Å²) in [5.41, 5.74) is 6.46. The lowest BCUT2D eigenvalue weighted by atomic mass is 9.85. The molecule has 10 nitrogen and oxygen atoms in total. The molecule has 6 rings (SSSR count). The Hall–Kier alpha value is -3.65. The highest BCUT2D eigenvalue weighted by Gasteiger charge is 2.72. The molecule has 0 unspecified atom stereocenters. The third-order valence-corrected chi connectivity index (χ3v) is 11.1. The van der Waals surface area contributed by atoms with Gasteiger partial charge in [0.1, 0.15) is 15.9 Å². The second kappa shape index (κ2) is 8.95. The Bertz CT molecular complexity index is 1750. The van der Waals surface area contributed by atoms with E-state index in [-0.39, 0.29) is 36.1 Å². The SMILES string of the molecule is C[C@]1(c2cc(Cc3nccc4nc(OCc5ncco5)cnc34)cc(F)c2F)N=C(N)S[C@@]2(S(C)(=O)=O)C[C@H]21. The smallest absolute Gasteiger partial charge is 0.233 e. The summed E-state index contributed by atoms with van der Waals surface area (Å²) in [6.07, 6.45) is 7.40. The zero-order chi connectivity index (χ0) is 27.6. The maximum absolute atomic E-state index is 15.3. The number of halogens is 2. The second-order valence-electron chi connectivity index (χ2n) is 9.70. The van der Waals surface area contributed by atoms with Crippen molar-refractivity contribution in [3.63, 3.8) is 0 Å². The maximum Gasteiger partial charge on any atom is 0.233 e. The molecule has 3 atom stereocenters. The van der Waals surface area contributed by atoms with Crippen LogP contribution in [-0.4, -0.2) is 43.9 Å². The van der Waals surface area contributed by atoms with E-state index in [9.17, 15) is 12.8 Å². The van der Waals surface area contributed by atoms with Crippen molar-refractivity contribution in [1.82, 2.24) is 19.9 Å². The van der Waals surface area contributed by atoms with Gasteiger partial charge in [-0.1, -0.05) is 11.8 Å². The fourth-order valence-corrected chi connectivity index (χ4v) is 8.45. The number of sulfone groups is 1. The van der Waals surface area contributed by atoms with Crippen LogP contribution in [0.15, 0.2) is 52.5 Å². The number of aliphatic imine (C=N–C) groups is 1. The molecular weight excluding hydrogens is 550 g/mol. The number of aromatic nitrogens is 4. The van der Waals surface area contributed by atoms with Gasteiger partial charge in [0.05, 0.1) is 29.1 Å². The van der Waals surface area contributed by atoms with Crippen molar-refractivity contribution in [2.45, 2.75) is 36.0 Å². The molecule has 14 heteroatoms. The summed E-state index contributed by atoms with van der Waals surface area (Å²) in [7, 11) is -3.55. The van der Waals surface area contributed by atoms with Crippen LogP contribution in [0.2, 0.25) is 0 Å². The van der Waals surface area contributed by atoms with Crippen molar-refractivity contribution in [2.24, 2.45) is 16.6 Å². The first kappa shape index (κ1) is 25.6. The number of fused-ring (bicyclic) bond motifs is 2. The minimum atomic E-state index is -3.55. The summed E-state index contributed by atoms with van der Waals surface area (Å²) < 4.78 is 64.9. The van der Waals surface area contributed by atoms with Crippen LogP contribution in [0.25, 0.3) is 11.0 Å². The van der Waals surface area contributed by atoms with Gasteiger partial charge in [-0.3, -0.25) is 9.98 Å². The summed E-state index contributed by atoms with van der Waals surface area (Å²) in [5, 5.41) is 0.0220. The number of hydrogen-bond donors (Lipinski definition) is 1. The summed E-state index contributed by atoms with van der Waals surface area (Å²) in [5.74, 6) is -2.08. The van der Waals surface area contributed by atoms with Crippen LogP contribution in [-0.2, 0) is 28.4 Å². The van der Waals surface area contributed by atoms with E-state index in [2.05, 4.69) is 24.9 Å². The van der Waals surface area contributed by atoms with Gasteiger partial charge in [-0.05, 0) is 37.1 Å². The average Bonchev–Trinajstić information content (AvgIpc) is 3.43. The Morgan fingerprint density at radius 3 is 2.79 bits per heavy atom. The number of pyridine rings is 1. The summed E-state index contributed by atoms with van der Waals surface area (Å²) in [6.45, 7) is 1.68. The molecule has 1 fully saturated rings. The number of oxazole rings is 1. The van der Waals surface area contributed by atoms with Gasteiger partial charge in [0.25, 0.3) is 0 Å². The van der Waals surface area contributed by atoms with E-state index in [0.717, 1.165) is 24.1 Å². The van der Waals surface area contributed by atoms with Gasteiger partial charge in [0.15, 0.2) is 33.2 Å². The highest BCUT2D eigenvalue weighted by Crippen LogP contribution is 2.68. The van der Waals surface area contributed by atoms with Gasteiger partial charge >= 0.3 is 0 Å². The van der Waals surface area contributed by atoms with Crippen molar-refractivity contribution < 1.29 is 26.4 Å². The molecule has 0 radical (unpaired) electrons. The van der Waals surface area contributed by atoms with E-state index in [1.54, 1.807) is 19.2 Å². The number of nitrogens with zero attached hydrogens (tertiary/aromatic N) is 5. The predicted octanol–water partition coefficient (Wildman–Crippen LogP) is 3.50. The minimum Gasteiger partial charge on any atom is -0.467 e. The minimum absolute atomic E-state index is 0.0220. The number of hydrogen-bond acceptors (Lipinski definition) is 11. The molecule has 1 saturated carbocycles. The number of amidine groups is 1. The van der Waals surface area contributed by atoms with Crippen molar-refractivity contribution in [1.29, 1.82) is 0 Å². The van der Waals surface area contributed by atoms with Crippen molar-refractivity contribution in [3.05, 3.63) is 77.4 Å². The van der Waals surface area contributed by atoms with E-state index in [0.29, 0.717) is 28.2 Å². The molecule has 1 aromatic carbocycles. The summed E-state index contributed by atoms with van der Waals surface area (Å²) in [4.78, 5) is 21.7. The van der Waals surface area contributed by atoms with E-state index >= 15 is 4.39 Å². The van der Waals surface area contributed by atoms with Crippen LogP contribution in [0.4, 0.5) is 8.78 Å². The molecule has 0 spiro atoms. The average molecular weight is 573 g/mol. The molecule has 202 valence electrons. The normalized spacial score (nSPS) is 24.3. The first-order valence-corrected chi connectivity index (χ1v) is 14.5. The molecule has 39 heavy (non-hydrogen) atoms. The monoisotopic (exact) mass is 572 g/mol. The topological polar surface area (TPSA) is 146 Å². The first-order chi connectivity index (χ1) is 18.5. The molecule has 0 bridgehead atoms. The van der Waals surface area contributed by atoms with Gasteiger partial charge < -0.3 is 14.9 Å². The van der Waals surface area contributed by atoms with Crippen LogP contribution >= 0.6 is 11.8 Å². The zero-order valence-electron chi connectivity index (χ0n) is 20.8. The third-order valence-electron chi connectivity index (χ3n) is 7.13. The van der Waals surface area contributed by atoms with E-state index in [1.165, 1.54) is 24.7 Å². The molecule has 0 amide bonds. The van der Waals surface area contributed by atoms with Crippen LogP contribution in [0.3, 0.4) is 0 Å². The van der Waals surface area contributed by atoms with E-state index < -0.39 is 37.0 Å². The maximum atomic E-state index is 15.3. The molecule has 3 aromatic heterocycles. The molecule has 4 heterocycles. The number of nitrogens with two attached hydrogens (primary N) is 1. The van der Waals surface area contributed by atoms with Gasteiger partial charge in [0, 0.05) is 30.4 Å². The Labute approximate surface area is 226 Å². The highest BCUT2D eigenvalue weighted by molar-refractivity contribution is 8.24. The highest BCUT2D eigenvalue weighted by atomic mass is 32.3. The molecular formula is C25H22F2N6O4S2. The van der Waals surface area contributed by atoms with Gasteiger partial charge in [-0.15, -0.1) is 0 Å². The van der Waals surface area contributed by atoms with E-state index in [4.69, 9.17) is 14.9 Å². The van der Waals surface area contributed by atoms with Crippen molar-refractivity contribution >= 4 is 37.8 Å². The summed E-state index contributed by atoms with van der Waals surface area (Å²) in [6, 6.07) is 4.25. The lowest BCUT2D eigenvalue weighted by Gasteiger charge is -2.33. The Morgan fingerprint density at radius 1 is 1.23 bits per heavy atom. The Balaban J connectivity index is 1.33. The quantitative estimate of drug-likeness (QED) is 0.349. The number of rotatable bonds is 7. The lowest BCUT2D eigenvalue weighted by Crippen LogP contribution is -2.39. The van der Waals surface area contributed by atoms with Crippen LogP contribution < -0.4 is 10.5 Å². The fraction of sp³-hybridized carbons (Fsp3) is 0.320. The molecule has 2 aliphatic rings. The van der Waals surface area contributed by atoms with E-state index in [1.807, 2.05) is 0 Å². The molecule has 1 aliphatic carbocycles. The number of benzene rings is 1. The van der Waals surface area contributed by atoms with Crippen molar-refractivity contribution in [3.8, 4) is 5.88 Å². The fourth-order valence-electron chi connectivity index (χ4n) is 5.16. The molecule has 4 aromatic rings. The third kappa shape index (κ3) is 4.31. The molecule has 1 aliphatic heterocycles. The molecule has 2 N–H and O–H groups in total. The first-order valence-electron chi connectivity index (χ1n) is 11.8. The zero-order valence-corrected chi connectivity index (χ0v) is 22.4. The lowest BCUT2D eigenvalue weighted by molar-refractivity contribution is 0.253. The second-order valence-corrected chi connectivity index (χ2v) is 13.6. The standard InChI is InChI=1S/C25H22F2N6O4S2/c1-24(18-10-25(18,39(2,34)35)38-23(28)33-24)14-7-13(8-15(26)21(14)27)9-17-22-16(3-4-29-17)32-19(11-31-22)37-12-20-30-5-6-36-20/h3-8,11,18H,9-10,12H2,1-2H3,(H2,28,33)/t18-,24+,25+/m0/s1. The predicted molar refractivity (Wildman–Crippen MR) is 140 cm³/mol. The van der Waals surface area contributed by atoms with Gasteiger partial charge in [-0.2, -0.15) is 0 Å². The van der Waals surface area contributed by atoms with Crippen LogP contribution in [0, 0.1) is 17.6 Å². The number of thioether (sulfide) groups is 1. The largest absolute Gasteiger partial charge is 0.467 e. The Kier molecular flexibility index (Phi) is 5.88. The summed E-state index contributed by atoms with van der Waals surface area (Å²) >= 11 is 0.968. The van der Waals surface area contributed by atoms with Gasteiger partial charge in [0.2, 0.25) is 11.8 Å². The van der Waals surface area contributed by atoms with Crippen molar-refractivity contribution in [2.75, 3.05) is 6.26 Å². The number of ether oxygens (including phenoxy) is 1. The Morgan fingerprint density at radius 2 is 2.05 bits per heavy atom. The van der Waals surface area contributed by atoms with Gasteiger partial charge in [-0.25, -0.2) is 32.2 Å². The van der Waals surface area contributed by atoms with Crippen LogP contribution in [0.5, 0.6) is 5.88 Å². The molecule has 0 saturated heterocycles.